The maximum Gasteiger partial charge on any atom is 0.323 e. The van der Waals surface area contributed by atoms with E-state index in [1.165, 1.54) is 0 Å². The normalized spacial score (nSPS) is 21.8. The summed E-state index contributed by atoms with van der Waals surface area (Å²) >= 11 is 0. The quantitative estimate of drug-likeness (QED) is 0.641. The average Bonchev–Trinajstić information content (AvgIpc) is 2.81. The molecule has 0 radical (unpaired) electrons. The van der Waals surface area contributed by atoms with Gasteiger partial charge >= 0.3 is 6.03 Å². The Morgan fingerprint density at radius 3 is 2.59 bits per heavy atom. The summed E-state index contributed by atoms with van der Waals surface area (Å²) in [6.07, 6.45) is 1.14. The summed E-state index contributed by atoms with van der Waals surface area (Å²) < 4.78 is 12.1. The lowest BCUT2D eigenvalue weighted by Crippen LogP contribution is -2.53. The van der Waals surface area contributed by atoms with E-state index in [1.54, 1.807) is 43.3 Å². The summed E-state index contributed by atoms with van der Waals surface area (Å²) in [5.41, 5.74) is 2.58. The second-order valence-corrected chi connectivity index (χ2v) is 8.71. The highest BCUT2D eigenvalue weighted by Crippen LogP contribution is 2.32. The third kappa shape index (κ3) is 5.31. The van der Waals surface area contributed by atoms with Crippen LogP contribution in [-0.4, -0.2) is 61.7 Å². The van der Waals surface area contributed by atoms with E-state index in [9.17, 15) is 14.4 Å². The van der Waals surface area contributed by atoms with Crippen LogP contribution in [0.5, 0.6) is 5.75 Å². The molecule has 2 aromatic rings. The second kappa shape index (κ2) is 10.1. The molecule has 0 unspecified atom stereocenters. The van der Waals surface area contributed by atoms with Crippen molar-refractivity contribution in [2.24, 2.45) is 0 Å². The van der Waals surface area contributed by atoms with Gasteiger partial charge in [-0.1, -0.05) is 12.1 Å². The van der Waals surface area contributed by atoms with E-state index < -0.39 is 6.03 Å². The van der Waals surface area contributed by atoms with Gasteiger partial charge in [0.2, 0.25) is 5.91 Å². The first-order valence-corrected chi connectivity index (χ1v) is 11.4. The number of fused-ring (bicyclic) bond motifs is 2. The second-order valence-electron chi connectivity index (χ2n) is 8.71. The third-order valence-electron chi connectivity index (χ3n) is 6.24. The highest BCUT2D eigenvalue weighted by molar-refractivity contribution is 6.02. The lowest BCUT2D eigenvalue weighted by atomic mass is 9.94. The molecule has 4 amide bonds. The number of carbonyl (C=O) groups excluding carboxylic acids is 3. The number of benzene rings is 2. The molecular formula is C25H30N4O5. The maximum absolute atomic E-state index is 13.3. The van der Waals surface area contributed by atoms with Crippen LogP contribution in [0.1, 0.15) is 35.2 Å². The number of hydrogen-bond acceptors (Lipinski definition) is 5. The topological polar surface area (TPSA) is 109 Å². The summed E-state index contributed by atoms with van der Waals surface area (Å²) in [5, 5.41) is 8.19. The number of likely N-dealkylation sites (N-methyl/N-ethyl adjacent to an activating group) is 1. The highest BCUT2D eigenvalue weighted by atomic mass is 16.5. The molecule has 3 N–H and O–H groups in total. The van der Waals surface area contributed by atoms with Crippen molar-refractivity contribution in [1.29, 1.82) is 0 Å². The van der Waals surface area contributed by atoms with E-state index in [1.807, 2.05) is 25.1 Å². The van der Waals surface area contributed by atoms with Gasteiger partial charge in [0, 0.05) is 25.5 Å². The molecule has 2 heterocycles. The molecule has 0 aliphatic carbocycles. The molecule has 9 nitrogen and oxygen atoms in total. The molecule has 1 fully saturated rings. The van der Waals surface area contributed by atoms with E-state index in [4.69, 9.17) is 9.47 Å². The van der Waals surface area contributed by atoms with Crippen molar-refractivity contribution in [3.05, 3.63) is 53.6 Å². The highest BCUT2D eigenvalue weighted by Gasteiger charge is 2.39. The van der Waals surface area contributed by atoms with Crippen molar-refractivity contribution in [2.75, 3.05) is 31.3 Å². The molecule has 2 aromatic carbocycles. The van der Waals surface area contributed by atoms with Crippen LogP contribution in [0.25, 0.3) is 0 Å². The lowest BCUT2D eigenvalue weighted by molar-refractivity contribution is -0.133. The van der Waals surface area contributed by atoms with Crippen LogP contribution in [-0.2, 0) is 9.53 Å². The van der Waals surface area contributed by atoms with Gasteiger partial charge in [-0.2, -0.15) is 0 Å². The summed E-state index contributed by atoms with van der Waals surface area (Å²) in [5.74, 6) is 0.147. The van der Waals surface area contributed by atoms with E-state index in [2.05, 4.69) is 16.0 Å². The summed E-state index contributed by atoms with van der Waals surface area (Å²) in [4.78, 5) is 39.2. The van der Waals surface area contributed by atoms with Gasteiger partial charge in [0.15, 0.2) is 0 Å². The molecule has 1 saturated heterocycles. The molecule has 0 saturated carbocycles. The molecule has 3 atom stereocenters. The van der Waals surface area contributed by atoms with Gasteiger partial charge in [0.05, 0.1) is 24.1 Å². The Balaban J connectivity index is 1.47. The molecule has 2 aliphatic heterocycles. The molecule has 34 heavy (non-hydrogen) atoms. The number of hydrogen-bond donors (Lipinski definition) is 3. The predicted octanol–water partition coefficient (Wildman–Crippen LogP) is 3.16. The molecule has 0 aromatic heterocycles. The van der Waals surface area contributed by atoms with Gasteiger partial charge in [-0.25, -0.2) is 4.79 Å². The van der Waals surface area contributed by atoms with Gasteiger partial charge in [-0.3, -0.25) is 9.59 Å². The van der Waals surface area contributed by atoms with E-state index in [0.717, 1.165) is 5.56 Å². The minimum Gasteiger partial charge on any atom is -0.490 e. The Morgan fingerprint density at radius 1 is 1.09 bits per heavy atom. The minimum absolute atomic E-state index is 0.0727. The van der Waals surface area contributed by atoms with E-state index in [0.29, 0.717) is 35.5 Å². The first-order chi connectivity index (χ1) is 16.3. The molecule has 4 rings (SSSR count). The standard InChI is InChI=1S/C25H30N4O5/c1-15-5-4-6-16(11-15)27-25(32)28-17-7-10-21-19(12-17)24(31)29(3)20-9-8-18(13-23(30)26-2)34-22(20)14-33-21/h4-7,10-12,18,20,22H,8-9,13-14H2,1-3H3,(H,26,30)(H2,27,28,32)/t18-,20-,22+/m0/s1. The first kappa shape index (κ1) is 23.6. The largest absolute Gasteiger partial charge is 0.490 e. The molecular weight excluding hydrogens is 436 g/mol. The van der Waals surface area contributed by atoms with Gasteiger partial charge in [0.25, 0.3) is 5.91 Å². The van der Waals surface area contributed by atoms with E-state index >= 15 is 0 Å². The van der Waals surface area contributed by atoms with Crippen LogP contribution in [0.4, 0.5) is 16.2 Å². The maximum atomic E-state index is 13.3. The fourth-order valence-corrected chi connectivity index (χ4v) is 4.43. The zero-order valence-electron chi connectivity index (χ0n) is 19.6. The van der Waals surface area contributed by atoms with Gasteiger partial charge < -0.3 is 30.3 Å². The zero-order valence-corrected chi connectivity index (χ0v) is 19.6. The monoisotopic (exact) mass is 466 g/mol. The minimum atomic E-state index is -0.402. The Kier molecular flexibility index (Phi) is 7.02. The Hall–Kier alpha value is -3.59. The SMILES string of the molecule is CNC(=O)C[C@@H]1CC[C@H]2[C@@H](COc3ccc(NC(=O)Nc4cccc(C)c4)cc3C(=O)N2C)O1. The smallest absolute Gasteiger partial charge is 0.323 e. The number of carbonyl (C=O) groups is 3. The van der Waals surface area contributed by atoms with E-state index in [-0.39, 0.29) is 43.1 Å². The summed E-state index contributed by atoms with van der Waals surface area (Å²) in [6.45, 7) is 2.21. The van der Waals surface area contributed by atoms with Crippen molar-refractivity contribution in [3.63, 3.8) is 0 Å². The Bertz CT molecular complexity index is 1090. The van der Waals surface area contributed by atoms with Crippen molar-refractivity contribution in [3.8, 4) is 5.75 Å². The summed E-state index contributed by atoms with van der Waals surface area (Å²) in [6, 6.07) is 11.9. The van der Waals surface area contributed by atoms with Crippen LogP contribution in [0.2, 0.25) is 0 Å². The van der Waals surface area contributed by atoms with Crippen LogP contribution in [0.3, 0.4) is 0 Å². The van der Waals surface area contributed by atoms with Crippen LogP contribution in [0, 0.1) is 6.92 Å². The predicted molar refractivity (Wildman–Crippen MR) is 128 cm³/mol. The van der Waals surface area contributed by atoms with Gasteiger partial charge in [-0.05, 0) is 55.7 Å². The molecule has 9 heteroatoms. The van der Waals surface area contributed by atoms with Gasteiger partial charge in [-0.15, -0.1) is 0 Å². The third-order valence-corrected chi connectivity index (χ3v) is 6.24. The Labute approximate surface area is 198 Å². The fraction of sp³-hybridized carbons (Fsp3) is 0.400. The Morgan fingerprint density at radius 2 is 1.85 bits per heavy atom. The molecule has 180 valence electrons. The van der Waals surface area contributed by atoms with Crippen LogP contribution >= 0.6 is 0 Å². The van der Waals surface area contributed by atoms with Crippen molar-refractivity contribution in [2.45, 2.75) is 44.4 Å². The van der Waals surface area contributed by atoms with Gasteiger partial charge in [0.1, 0.15) is 18.5 Å². The number of rotatable bonds is 4. The number of urea groups is 1. The number of amides is 4. The van der Waals surface area contributed by atoms with Crippen LogP contribution in [0.15, 0.2) is 42.5 Å². The molecule has 0 spiro atoms. The van der Waals surface area contributed by atoms with Crippen molar-refractivity contribution >= 4 is 29.2 Å². The van der Waals surface area contributed by atoms with Crippen molar-refractivity contribution < 1.29 is 23.9 Å². The number of nitrogens with zero attached hydrogens (tertiary/aromatic N) is 1. The molecule has 2 aliphatic rings. The number of ether oxygens (including phenoxy) is 2. The number of anilines is 2. The number of nitrogens with one attached hydrogen (secondary N) is 3. The number of aryl methyl sites for hydroxylation is 1. The van der Waals surface area contributed by atoms with Crippen LogP contribution < -0.4 is 20.7 Å². The zero-order chi connectivity index (χ0) is 24.2. The average molecular weight is 467 g/mol. The molecule has 0 bridgehead atoms. The fourth-order valence-electron chi connectivity index (χ4n) is 4.43. The summed E-state index contributed by atoms with van der Waals surface area (Å²) in [7, 11) is 3.35. The lowest BCUT2D eigenvalue weighted by Gasteiger charge is -2.42. The van der Waals surface area contributed by atoms with Crippen molar-refractivity contribution in [1.82, 2.24) is 10.2 Å². The first-order valence-electron chi connectivity index (χ1n) is 11.4.